The number of aromatic nitrogens is 2. The fraction of sp³-hybridized carbons (Fsp3) is 0.111. The molecule has 0 radical (unpaired) electrons. The number of primary sulfonamides is 1. The van der Waals surface area contributed by atoms with Gasteiger partial charge in [0.2, 0.25) is 10.0 Å². The summed E-state index contributed by atoms with van der Waals surface area (Å²) in [4.78, 5) is 9.05. The van der Waals surface area contributed by atoms with E-state index < -0.39 is 10.0 Å². The van der Waals surface area contributed by atoms with E-state index in [1.165, 1.54) is 23.6 Å². The molecule has 5 nitrogen and oxygen atoms in total. The van der Waals surface area contributed by atoms with Crippen molar-refractivity contribution < 1.29 is 8.42 Å². The van der Waals surface area contributed by atoms with E-state index in [0.29, 0.717) is 5.69 Å². The summed E-state index contributed by atoms with van der Waals surface area (Å²) in [7, 11) is -3.67. The molecule has 2 aromatic heterocycles. The number of hydrogen-bond donors (Lipinski definition) is 1. The second kappa shape index (κ2) is 3.93. The molecule has 0 aliphatic heterocycles. The summed E-state index contributed by atoms with van der Waals surface area (Å²) in [6.45, 7) is 1.90. The zero-order valence-electron chi connectivity index (χ0n) is 8.41. The Hall–Kier alpha value is -1.31. The Labute approximate surface area is 97.0 Å². The van der Waals surface area contributed by atoms with Crippen LogP contribution in [0.25, 0.3) is 10.6 Å². The fourth-order valence-electron chi connectivity index (χ4n) is 1.17. The number of rotatable bonds is 2. The highest BCUT2D eigenvalue weighted by Crippen LogP contribution is 2.24. The molecule has 7 heteroatoms. The lowest BCUT2D eigenvalue weighted by atomic mass is 10.3. The van der Waals surface area contributed by atoms with Crippen LogP contribution in [0.4, 0.5) is 0 Å². The van der Waals surface area contributed by atoms with Gasteiger partial charge in [0.25, 0.3) is 0 Å². The molecule has 2 heterocycles. The first-order chi connectivity index (χ1) is 7.47. The van der Waals surface area contributed by atoms with E-state index in [-0.39, 0.29) is 4.90 Å². The van der Waals surface area contributed by atoms with Crippen molar-refractivity contribution in [3.05, 3.63) is 29.5 Å². The monoisotopic (exact) mass is 255 g/mol. The molecule has 0 aliphatic rings. The normalized spacial score (nSPS) is 11.6. The summed E-state index contributed by atoms with van der Waals surface area (Å²) in [5.74, 6) is 0. The molecule has 0 amide bonds. The number of pyridine rings is 1. The minimum absolute atomic E-state index is 0.0116. The highest BCUT2D eigenvalue weighted by atomic mass is 32.2. The van der Waals surface area contributed by atoms with Gasteiger partial charge in [-0.2, -0.15) is 0 Å². The number of hydrogen-bond acceptors (Lipinski definition) is 5. The standard InChI is InChI=1S/C9H9N3O2S2/c1-6-11-5-9(15-6)8-3-2-7(4-12-8)16(10,13)14/h2-5H,1H3,(H2,10,13,14). The van der Waals surface area contributed by atoms with Crippen molar-refractivity contribution in [2.75, 3.05) is 0 Å². The summed E-state index contributed by atoms with van der Waals surface area (Å²) in [5, 5.41) is 5.91. The number of sulfonamides is 1. The van der Waals surface area contributed by atoms with E-state index in [0.717, 1.165) is 9.88 Å². The van der Waals surface area contributed by atoms with Crippen LogP contribution >= 0.6 is 11.3 Å². The molecule has 0 saturated heterocycles. The van der Waals surface area contributed by atoms with E-state index in [9.17, 15) is 8.42 Å². The molecule has 0 aromatic carbocycles. The van der Waals surface area contributed by atoms with Gasteiger partial charge in [0.1, 0.15) is 4.90 Å². The maximum Gasteiger partial charge on any atom is 0.239 e. The smallest absolute Gasteiger partial charge is 0.239 e. The van der Waals surface area contributed by atoms with Crippen LogP contribution in [0.3, 0.4) is 0 Å². The molecule has 0 atom stereocenters. The van der Waals surface area contributed by atoms with Crippen LogP contribution in [0, 0.1) is 6.92 Å². The van der Waals surface area contributed by atoms with Crippen LogP contribution in [-0.4, -0.2) is 18.4 Å². The number of thiazole rings is 1. The lowest BCUT2D eigenvalue weighted by molar-refractivity contribution is 0.597. The van der Waals surface area contributed by atoms with Gasteiger partial charge in [-0.15, -0.1) is 11.3 Å². The van der Waals surface area contributed by atoms with Gasteiger partial charge in [-0.25, -0.2) is 18.5 Å². The number of nitrogens with two attached hydrogens (primary N) is 1. The van der Waals surface area contributed by atoms with Gasteiger partial charge >= 0.3 is 0 Å². The van der Waals surface area contributed by atoms with E-state index >= 15 is 0 Å². The average molecular weight is 255 g/mol. The fourth-order valence-corrected chi connectivity index (χ4v) is 2.39. The van der Waals surface area contributed by atoms with Gasteiger partial charge < -0.3 is 0 Å². The third-order valence-electron chi connectivity index (χ3n) is 1.94. The number of nitrogens with zero attached hydrogens (tertiary/aromatic N) is 2. The summed E-state index contributed by atoms with van der Waals surface area (Å²) in [6.07, 6.45) is 2.96. The molecule has 0 aliphatic carbocycles. The van der Waals surface area contributed by atoms with Crippen molar-refractivity contribution in [3.8, 4) is 10.6 Å². The second-order valence-electron chi connectivity index (χ2n) is 3.17. The maximum absolute atomic E-state index is 11.0. The van der Waals surface area contributed by atoms with E-state index in [1.807, 2.05) is 6.92 Å². The lowest BCUT2D eigenvalue weighted by Gasteiger charge is -1.98. The molecular formula is C9H9N3O2S2. The predicted molar refractivity (Wildman–Crippen MR) is 61.5 cm³/mol. The SMILES string of the molecule is Cc1ncc(-c2ccc(S(N)(=O)=O)cn2)s1. The third-order valence-corrected chi connectivity index (χ3v) is 3.77. The van der Waals surface area contributed by atoms with E-state index in [2.05, 4.69) is 9.97 Å². The molecule has 84 valence electrons. The summed E-state index contributed by atoms with van der Waals surface area (Å²) >= 11 is 1.50. The Bertz CT molecular complexity index is 602. The van der Waals surface area contributed by atoms with Crippen molar-refractivity contribution >= 4 is 21.4 Å². The quantitative estimate of drug-likeness (QED) is 0.872. The van der Waals surface area contributed by atoms with Gasteiger partial charge in [-0.1, -0.05) is 0 Å². The highest BCUT2D eigenvalue weighted by Gasteiger charge is 2.09. The minimum atomic E-state index is -3.67. The molecule has 2 rings (SSSR count). The molecule has 0 unspecified atom stereocenters. The molecular weight excluding hydrogens is 246 g/mol. The zero-order chi connectivity index (χ0) is 11.8. The lowest BCUT2D eigenvalue weighted by Crippen LogP contribution is -2.12. The van der Waals surface area contributed by atoms with Crippen molar-refractivity contribution in [1.82, 2.24) is 9.97 Å². The van der Waals surface area contributed by atoms with Crippen molar-refractivity contribution in [2.24, 2.45) is 5.14 Å². The Kier molecular flexibility index (Phi) is 2.75. The molecule has 0 spiro atoms. The van der Waals surface area contributed by atoms with E-state index in [1.54, 1.807) is 12.3 Å². The first-order valence-corrected chi connectivity index (χ1v) is 6.75. The number of aryl methyl sites for hydroxylation is 1. The highest BCUT2D eigenvalue weighted by molar-refractivity contribution is 7.89. The second-order valence-corrected chi connectivity index (χ2v) is 5.96. The Morgan fingerprint density at radius 3 is 2.44 bits per heavy atom. The predicted octanol–water partition coefficient (Wildman–Crippen LogP) is 1.16. The van der Waals surface area contributed by atoms with Gasteiger partial charge in [0.05, 0.1) is 15.6 Å². The van der Waals surface area contributed by atoms with Crippen LogP contribution in [0.15, 0.2) is 29.4 Å². The van der Waals surface area contributed by atoms with Crippen LogP contribution in [0.1, 0.15) is 5.01 Å². The first kappa shape index (κ1) is 11.2. The van der Waals surface area contributed by atoms with Crippen LogP contribution in [0.2, 0.25) is 0 Å². The molecule has 2 aromatic rings. The topological polar surface area (TPSA) is 85.9 Å². The minimum Gasteiger partial charge on any atom is -0.254 e. The van der Waals surface area contributed by atoms with Gasteiger partial charge in [-0.05, 0) is 19.1 Å². The molecule has 0 saturated carbocycles. The molecule has 0 fully saturated rings. The van der Waals surface area contributed by atoms with Crippen LogP contribution < -0.4 is 5.14 Å². The van der Waals surface area contributed by atoms with Crippen LogP contribution in [0.5, 0.6) is 0 Å². The van der Waals surface area contributed by atoms with Gasteiger partial charge in [-0.3, -0.25) is 4.98 Å². The summed E-state index contributed by atoms with van der Waals surface area (Å²) in [6, 6.07) is 3.05. The third kappa shape index (κ3) is 2.26. The van der Waals surface area contributed by atoms with Crippen LogP contribution in [-0.2, 0) is 10.0 Å². The Balaban J connectivity index is 2.40. The van der Waals surface area contributed by atoms with Gasteiger partial charge in [0.15, 0.2) is 0 Å². The van der Waals surface area contributed by atoms with Gasteiger partial charge in [0, 0.05) is 12.4 Å². The molecule has 2 N–H and O–H groups in total. The Morgan fingerprint density at radius 1 is 1.25 bits per heavy atom. The maximum atomic E-state index is 11.0. The largest absolute Gasteiger partial charge is 0.254 e. The van der Waals surface area contributed by atoms with Crippen molar-refractivity contribution in [1.29, 1.82) is 0 Å². The Morgan fingerprint density at radius 2 is 2.00 bits per heavy atom. The summed E-state index contributed by atoms with van der Waals surface area (Å²) < 4.78 is 22.0. The van der Waals surface area contributed by atoms with Crippen molar-refractivity contribution in [2.45, 2.75) is 11.8 Å². The van der Waals surface area contributed by atoms with Crippen molar-refractivity contribution in [3.63, 3.8) is 0 Å². The average Bonchev–Trinajstić information content (AvgIpc) is 2.64. The zero-order valence-corrected chi connectivity index (χ0v) is 10.0. The first-order valence-electron chi connectivity index (χ1n) is 4.38. The summed E-state index contributed by atoms with van der Waals surface area (Å²) in [5.41, 5.74) is 0.693. The molecule has 16 heavy (non-hydrogen) atoms. The molecule has 0 bridgehead atoms. The van der Waals surface area contributed by atoms with E-state index in [4.69, 9.17) is 5.14 Å².